The number of rotatable bonds is 13. The number of nitrogens with zero attached hydrogens (tertiary/aromatic N) is 1. The zero-order valence-electron chi connectivity index (χ0n) is 28.5. The van der Waals surface area contributed by atoms with Crippen LogP contribution in [-0.2, 0) is 17.8 Å². The first-order valence-electron chi connectivity index (χ1n) is 17.7. The van der Waals surface area contributed by atoms with Gasteiger partial charge < -0.3 is 35.3 Å². The number of aliphatic hydroxyl groups is 1. The number of piperidine rings is 3. The van der Waals surface area contributed by atoms with Crippen molar-refractivity contribution < 1.29 is 24.5 Å². The molecule has 2 bridgehead atoms. The van der Waals surface area contributed by atoms with Crippen molar-refractivity contribution in [3.8, 4) is 11.5 Å². The molecule has 3 aliphatic rings. The molecule has 5 N–H and O–H groups in total. The number of alkyl carbamates (subject to hydrolysis) is 1. The van der Waals surface area contributed by atoms with Gasteiger partial charge in [-0.2, -0.15) is 0 Å². The molecule has 8 rings (SSSR count). The van der Waals surface area contributed by atoms with Gasteiger partial charge in [0.2, 0.25) is 5.56 Å². The second-order valence-corrected chi connectivity index (χ2v) is 13.5. The molecule has 1 aromatic heterocycles. The number of carbonyl (C=O) groups is 1. The monoisotopic (exact) mass is 688 g/mol. The third-order valence-electron chi connectivity index (χ3n) is 10.0. The van der Waals surface area contributed by atoms with Gasteiger partial charge in [0.05, 0.1) is 17.7 Å². The van der Waals surface area contributed by atoms with Gasteiger partial charge in [0.15, 0.2) is 0 Å². The average Bonchev–Trinajstić information content (AvgIpc) is 3.16. The topological polar surface area (TPSA) is 136 Å². The van der Waals surface area contributed by atoms with E-state index >= 15 is 0 Å². The summed E-state index contributed by atoms with van der Waals surface area (Å²) in [5.41, 5.74) is 4.45. The molecule has 3 fully saturated rings. The Kier molecular flexibility index (Phi) is 10.6. The number of phenolic OH excluding ortho intramolecular Hbond substituents is 1. The summed E-state index contributed by atoms with van der Waals surface area (Å²) >= 11 is 0. The number of nitrogens with one attached hydrogen (secondary N) is 3. The van der Waals surface area contributed by atoms with Crippen molar-refractivity contribution in [1.29, 1.82) is 0 Å². The van der Waals surface area contributed by atoms with Crippen molar-refractivity contribution in [2.24, 2.45) is 5.92 Å². The Labute approximate surface area is 297 Å². The van der Waals surface area contributed by atoms with Crippen LogP contribution in [0.3, 0.4) is 0 Å². The van der Waals surface area contributed by atoms with Crippen LogP contribution in [0.25, 0.3) is 10.9 Å². The Balaban J connectivity index is 0.916. The average molecular weight is 689 g/mol. The smallest absolute Gasteiger partial charge is 0.408 e. The number of aromatic amines is 1. The van der Waals surface area contributed by atoms with E-state index in [-0.39, 0.29) is 30.0 Å². The normalized spacial score (nSPS) is 19.4. The first-order chi connectivity index (χ1) is 24.9. The van der Waals surface area contributed by atoms with Gasteiger partial charge in [-0.05, 0) is 90.8 Å². The van der Waals surface area contributed by atoms with Crippen LogP contribution in [0.5, 0.6) is 11.5 Å². The second kappa shape index (κ2) is 15.8. The molecule has 10 nitrogen and oxygen atoms in total. The van der Waals surface area contributed by atoms with Crippen LogP contribution >= 0.6 is 0 Å². The first-order valence-corrected chi connectivity index (χ1v) is 17.7. The van der Waals surface area contributed by atoms with Crippen LogP contribution in [-0.4, -0.2) is 65.0 Å². The lowest BCUT2D eigenvalue weighted by Crippen LogP contribution is -2.52. The van der Waals surface area contributed by atoms with Gasteiger partial charge in [-0.3, -0.25) is 9.69 Å². The Bertz CT molecular complexity index is 1990. The lowest BCUT2D eigenvalue weighted by atomic mass is 9.86. The molecular weight excluding hydrogens is 644 g/mol. The lowest BCUT2D eigenvalue weighted by molar-refractivity contribution is -0.0336. The molecule has 5 aromatic rings. The summed E-state index contributed by atoms with van der Waals surface area (Å²) < 4.78 is 12.2. The predicted octanol–water partition coefficient (Wildman–Crippen LogP) is 5.59. The molecule has 51 heavy (non-hydrogen) atoms. The molecule has 1 amide bonds. The van der Waals surface area contributed by atoms with Crippen LogP contribution in [0.15, 0.2) is 108 Å². The Morgan fingerprint density at radius 1 is 0.902 bits per heavy atom. The van der Waals surface area contributed by atoms with E-state index < -0.39 is 12.2 Å². The number of pyridine rings is 1. The van der Waals surface area contributed by atoms with Gasteiger partial charge in [0, 0.05) is 24.5 Å². The molecule has 0 aliphatic carbocycles. The van der Waals surface area contributed by atoms with Gasteiger partial charge in [0.1, 0.15) is 24.2 Å². The molecule has 1 unspecified atom stereocenters. The SMILES string of the molecule is O=C(NC(c1ccccc1)c1cccc(OCc2ccc(CCNC[C@H](O)c3cc(=O)[nH]c4c(O)cccc34)cc2)c1)O[C@H]1CN2CCC1CC2. The molecule has 0 spiro atoms. The van der Waals surface area contributed by atoms with Crippen LogP contribution < -0.4 is 20.9 Å². The number of para-hydroxylation sites is 1. The summed E-state index contributed by atoms with van der Waals surface area (Å²) in [6.45, 7) is 4.28. The molecule has 4 heterocycles. The molecular formula is C41H44N4O6. The summed E-state index contributed by atoms with van der Waals surface area (Å²) in [6.07, 6.45) is 1.54. The lowest BCUT2D eigenvalue weighted by Gasteiger charge is -2.43. The number of carbonyl (C=O) groups excluding carboxylic acids is 1. The minimum Gasteiger partial charge on any atom is -0.506 e. The first kappa shape index (κ1) is 34.3. The summed E-state index contributed by atoms with van der Waals surface area (Å²) in [4.78, 5) is 30.3. The van der Waals surface area contributed by atoms with Crippen LogP contribution in [0, 0.1) is 5.92 Å². The van der Waals surface area contributed by atoms with Crippen LogP contribution in [0.2, 0.25) is 0 Å². The highest BCUT2D eigenvalue weighted by molar-refractivity contribution is 5.87. The van der Waals surface area contributed by atoms with Crippen molar-refractivity contribution in [3.05, 3.63) is 141 Å². The van der Waals surface area contributed by atoms with Gasteiger partial charge in [-0.25, -0.2) is 4.79 Å². The van der Waals surface area contributed by atoms with E-state index in [4.69, 9.17) is 9.47 Å². The van der Waals surface area contributed by atoms with E-state index in [0.29, 0.717) is 41.3 Å². The molecule has 0 saturated carbocycles. The largest absolute Gasteiger partial charge is 0.506 e. The minimum absolute atomic E-state index is 0.0311. The van der Waals surface area contributed by atoms with Gasteiger partial charge in [0.25, 0.3) is 0 Å². The quantitative estimate of drug-likeness (QED) is 0.101. The minimum atomic E-state index is -0.905. The Morgan fingerprint density at radius 3 is 2.41 bits per heavy atom. The summed E-state index contributed by atoms with van der Waals surface area (Å²) in [5.74, 6) is 1.11. The number of ether oxygens (including phenoxy) is 2. The molecule has 3 saturated heterocycles. The number of hydrogen-bond donors (Lipinski definition) is 5. The molecule has 264 valence electrons. The zero-order chi connectivity index (χ0) is 35.2. The molecule has 4 aromatic carbocycles. The van der Waals surface area contributed by atoms with Crippen molar-refractivity contribution in [2.45, 2.75) is 44.1 Å². The fourth-order valence-electron chi connectivity index (χ4n) is 7.24. The summed E-state index contributed by atoms with van der Waals surface area (Å²) in [6, 6.07) is 31.9. The van der Waals surface area contributed by atoms with Crippen molar-refractivity contribution in [3.63, 3.8) is 0 Å². The molecule has 0 radical (unpaired) electrons. The highest BCUT2D eigenvalue weighted by Gasteiger charge is 2.37. The van der Waals surface area contributed by atoms with Crippen molar-refractivity contribution >= 4 is 17.0 Å². The number of aromatic nitrogens is 1. The number of amides is 1. The molecule has 3 aliphatic heterocycles. The number of fused-ring (bicyclic) bond motifs is 4. The third-order valence-corrected chi connectivity index (χ3v) is 10.0. The standard InChI is InChI=1S/C41H44N4O6/c46-35-11-5-10-33-34(23-38(48)43-40(33)35)36(47)24-42-19-16-27-12-14-28(15-13-27)26-50-32-9-4-8-31(22-32)39(30-6-2-1-3-7-30)44-41(49)51-37-25-45-20-17-29(37)18-21-45/h1-15,22-23,29,36-37,39,42,46-47H,16-21,24-26H2,(H,43,48)(H,44,49)/t36-,37-,39?/m0/s1. The summed E-state index contributed by atoms with van der Waals surface area (Å²) in [5, 5.41) is 27.9. The number of phenols is 1. The number of H-pyrrole nitrogens is 1. The van der Waals surface area contributed by atoms with E-state index in [0.717, 1.165) is 61.2 Å². The van der Waals surface area contributed by atoms with Gasteiger partial charge in [-0.1, -0.05) is 78.9 Å². The number of aliphatic hydroxyl groups excluding tert-OH is 1. The van der Waals surface area contributed by atoms with Crippen LogP contribution in [0.4, 0.5) is 4.79 Å². The van der Waals surface area contributed by atoms with E-state index in [9.17, 15) is 19.8 Å². The van der Waals surface area contributed by atoms with Gasteiger partial charge >= 0.3 is 6.09 Å². The van der Waals surface area contributed by atoms with Gasteiger partial charge in [-0.15, -0.1) is 0 Å². The van der Waals surface area contributed by atoms with Crippen molar-refractivity contribution in [1.82, 2.24) is 20.5 Å². The molecule has 3 atom stereocenters. The fourth-order valence-corrected chi connectivity index (χ4v) is 7.24. The maximum atomic E-state index is 13.2. The van der Waals surface area contributed by atoms with E-state index in [1.165, 1.54) is 12.1 Å². The van der Waals surface area contributed by atoms with E-state index in [2.05, 4.69) is 32.7 Å². The third kappa shape index (κ3) is 8.42. The Morgan fingerprint density at radius 2 is 1.65 bits per heavy atom. The maximum absolute atomic E-state index is 13.2. The Hall–Kier alpha value is -5.16. The number of aromatic hydroxyl groups is 1. The van der Waals surface area contributed by atoms with E-state index in [1.807, 2.05) is 66.7 Å². The van der Waals surface area contributed by atoms with Crippen molar-refractivity contribution in [2.75, 3.05) is 32.7 Å². The predicted molar refractivity (Wildman–Crippen MR) is 196 cm³/mol. The summed E-state index contributed by atoms with van der Waals surface area (Å²) in [7, 11) is 0. The highest BCUT2D eigenvalue weighted by Crippen LogP contribution is 2.31. The van der Waals surface area contributed by atoms with Crippen LogP contribution in [0.1, 0.15) is 52.8 Å². The number of benzene rings is 4. The molecule has 10 heteroatoms. The highest BCUT2D eigenvalue weighted by atomic mass is 16.6. The fraction of sp³-hybridized carbons (Fsp3) is 0.317. The number of hydrogen-bond acceptors (Lipinski definition) is 8. The second-order valence-electron chi connectivity index (χ2n) is 13.5. The zero-order valence-corrected chi connectivity index (χ0v) is 28.5. The van der Waals surface area contributed by atoms with E-state index in [1.54, 1.807) is 12.1 Å². The maximum Gasteiger partial charge on any atom is 0.408 e.